The van der Waals surface area contributed by atoms with E-state index in [0.29, 0.717) is 30.1 Å². The van der Waals surface area contributed by atoms with Gasteiger partial charge in [-0.15, -0.1) is 0 Å². The molecule has 162 valence electrons. The van der Waals surface area contributed by atoms with Crippen molar-refractivity contribution in [3.63, 3.8) is 0 Å². The Kier molecular flexibility index (Phi) is 5.95. The number of fused-ring (bicyclic) bond motifs is 1. The third kappa shape index (κ3) is 3.88. The molecule has 4 rings (SSSR count). The fraction of sp³-hybridized carbons (Fsp3) is 0.333. The smallest absolute Gasteiger partial charge is 0.295 e. The Hall–Kier alpha value is -3.32. The number of ether oxygens (including phenoxy) is 3. The summed E-state index contributed by atoms with van der Waals surface area (Å²) in [6, 6.07) is 11.8. The quantitative estimate of drug-likeness (QED) is 0.419. The lowest BCUT2D eigenvalue weighted by Gasteiger charge is -2.25. The van der Waals surface area contributed by atoms with Crippen LogP contribution < -0.4 is 9.47 Å². The second kappa shape index (κ2) is 8.81. The van der Waals surface area contributed by atoms with Gasteiger partial charge in [0, 0.05) is 25.6 Å². The molecule has 0 spiro atoms. The van der Waals surface area contributed by atoms with E-state index in [1.54, 1.807) is 18.2 Å². The number of carbonyl (C=O) groups excluding carboxylic acids is 2. The molecule has 1 N–H and O–H groups in total. The van der Waals surface area contributed by atoms with Crippen LogP contribution in [0.25, 0.3) is 5.76 Å². The van der Waals surface area contributed by atoms with Crippen LogP contribution in [-0.4, -0.2) is 55.2 Å². The number of amides is 1. The SMILES string of the molecule is CCOc1cccc(C2/C(=C(/O)c3ccc4c(c3)CCO4)C(=O)C(=O)N2CCOC)c1. The molecule has 2 aliphatic heterocycles. The van der Waals surface area contributed by atoms with E-state index in [9.17, 15) is 14.7 Å². The van der Waals surface area contributed by atoms with Crippen LogP contribution >= 0.6 is 0 Å². The molecule has 1 unspecified atom stereocenters. The third-order valence-corrected chi connectivity index (χ3v) is 5.52. The van der Waals surface area contributed by atoms with Gasteiger partial charge in [-0.05, 0) is 48.4 Å². The van der Waals surface area contributed by atoms with Crippen molar-refractivity contribution < 1.29 is 28.9 Å². The number of rotatable bonds is 7. The van der Waals surface area contributed by atoms with E-state index in [-0.39, 0.29) is 24.5 Å². The number of likely N-dealkylation sites (tertiary alicyclic amines) is 1. The number of ketones is 1. The van der Waals surface area contributed by atoms with Gasteiger partial charge in [-0.2, -0.15) is 0 Å². The van der Waals surface area contributed by atoms with Gasteiger partial charge in [-0.25, -0.2) is 0 Å². The molecule has 1 saturated heterocycles. The zero-order valence-corrected chi connectivity index (χ0v) is 17.6. The fourth-order valence-corrected chi connectivity index (χ4v) is 4.08. The summed E-state index contributed by atoms with van der Waals surface area (Å²) in [6.07, 6.45) is 0.735. The zero-order valence-electron chi connectivity index (χ0n) is 17.6. The molecule has 0 aromatic heterocycles. The standard InChI is InChI=1S/C24H25NO6/c1-3-30-18-6-4-5-16(14-18)21-20(23(27)24(28)25(21)10-12-29-2)22(26)17-7-8-19-15(13-17)9-11-31-19/h4-8,13-14,21,26H,3,9-12H2,1-2H3/b22-20-. The van der Waals surface area contributed by atoms with E-state index in [1.807, 2.05) is 31.2 Å². The number of aliphatic hydroxyl groups excluding tert-OH is 1. The lowest BCUT2D eigenvalue weighted by atomic mass is 9.94. The minimum Gasteiger partial charge on any atom is -0.507 e. The van der Waals surface area contributed by atoms with Crippen molar-refractivity contribution in [2.45, 2.75) is 19.4 Å². The van der Waals surface area contributed by atoms with Crippen molar-refractivity contribution >= 4 is 17.4 Å². The summed E-state index contributed by atoms with van der Waals surface area (Å²) in [5.74, 6) is -0.156. The molecule has 0 aliphatic carbocycles. The van der Waals surface area contributed by atoms with Gasteiger partial charge >= 0.3 is 0 Å². The predicted octanol–water partition coefficient (Wildman–Crippen LogP) is 3.09. The van der Waals surface area contributed by atoms with Gasteiger partial charge < -0.3 is 24.2 Å². The van der Waals surface area contributed by atoms with Gasteiger partial charge in [-0.1, -0.05) is 12.1 Å². The van der Waals surface area contributed by atoms with Crippen molar-refractivity contribution in [1.29, 1.82) is 0 Å². The van der Waals surface area contributed by atoms with Crippen molar-refractivity contribution in [3.8, 4) is 11.5 Å². The maximum atomic E-state index is 13.0. The van der Waals surface area contributed by atoms with Crippen LogP contribution in [0.15, 0.2) is 48.0 Å². The van der Waals surface area contributed by atoms with E-state index in [0.717, 1.165) is 17.7 Å². The highest BCUT2D eigenvalue weighted by molar-refractivity contribution is 6.46. The number of aliphatic hydroxyl groups is 1. The summed E-state index contributed by atoms with van der Waals surface area (Å²) in [7, 11) is 1.54. The minimum absolute atomic E-state index is 0.0635. The highest BCUT2D eigenvalue weighted by Gasteiger charge is 2.46. The molecule has 2 aromatic carbocycles. The number of hydrogen-bond donors (Lipinski definition) is 1. The average Bonchev–Trinajstić information content (AvgIpc) is 3.34. The molecule has 1 atom stereocenters. The van der Waals surface area contributed by atoms with Crippen molar-refractivity contribution in [2.75, 3.05) is 33.5 Å². The number of carbonyl (C=O) groups is 2. The summed E-state index contributed by atoms with van der Waals surface area (Å²) in [6.45, 7) is 3.45. The molecule has 7 heteroatoms. The molecule has 0 bridgehead atoms. The first kappa shape index (κ1) is 20.9. The minimum atomic E-state index is -0.736. The summed E-state index contributed by atoms with van der Waals surface area (Å²) in [5, 5.41) is 11.2. The molecule has 1 amide bonds. The monoisotopic (exact) mass is 423 g/mol. The van der Waals surface area contributed by atoms with Crippen LogP contribution in [0.4, 0.5) is 0 Å². The molecule has 0 radical (unpaired) electrons. The predicted molar refractivity (Wildman–Crippen MR) is 114 cm³/mol. The van der Waals surface area contributed by atoms with Crippen LogP contribution in [0.2, 0.25) is 0 Å². The molecule has 31 heavy (non-hydrogen) atoms. The maximum Gasteiger partial charge on any atom is 0.295 e. The van der Waals surface area contributed by atoms with Gasteiger partial charge in [0.2, 0.25) is 0 Å². The van der Waals surface area contributed by atoms with Gasteiger partial charge in [0.15, 0.2) is 0 Å². The summed E-state index contributed by atoms with van der Waals surface area (Å²) >= 11 is 0. The van der Waals surface area contributed by atoms with Crippen molar-refractivity contribution in [3.05, 3.63) is 64.7 Å². The first-order valence-corrected chi connectivity index (χ1v) is 10.3. The van der Waals surface area contributed by atoms with Crippen LogP contribution in [0.3, 0.4) is 0 Å². The summed E-state index contributed by atoms with van der Waals surface area (Å²) in [4.78, 5) is 27.3. The molecule has 2 heterocycles. The van der Waals surface area contributed by atoms with Crippen LogP contribution in [0.5, 0.6) is 11.5 Å². The Morgan fingerprint density at radius 1 is 1.23 bits per heavy atom. The van der Waals surface area contributed by atoms with Crippen molar-refractivity contribution in [2.24, 2.45) is 0 Å². The fourth-order valence-electron chi connectivity index (χ4n) is 4.08. The number of Topliss-reactive ketones (excluding diaryl/α,β-unsaturated/α-hetero) is 1. The summed E-state index contributed by atoms with van der Waals surface area (Å²) in [5.41, 5.74) is 2.20. The molecule has 1 fully saturated rings. The van der Waals surface area contributed by atoms with Crippen molar-refractivity contribution in [1.82, 2.24) is 4.90 Å². The third-order valence-electron chi connectivity index (χ3n) is 5.52. The molecule has 0 saturated carbocycles. The number of benzene rings is 2. The van der Waals surface area contributed by atoms with Crippen LogP contribution in [0, 0.1) is 0 Å². The van der Waals surface area contributed by atoms with Crippen LogP contribution in [-0.2, 0) is 20.7 Å². The highest BCUT2D eigenvalue weighted by atomic mass is 16.5. The number of nitrogens with zero attached hydrogens (tertiary/aromatic N) is 1. The molecular formula is C24H25NO6. The number of hydrogen-bond acceptors (Lipinski definition) is 6. The van der Waals surface area contributed by atoms with Gasteiger partial charge in [0.05, 0.1) is 31.4 Å². The molecule has 2 aromatic rings. The second-order valence-electron chi connectivity index (χ2n) is 7.41. The van der Waals surface area contributed by atoms with E-state index < -0.39 is 17.7 Å². The normalized spacial score (nSPS) is 19.4. The Bertz CT molecular complexity index is 1040. The van der Waals surface area contributed by atoms with E-state index in [2.05, 4.69) is 0 Å². The lowest BCUT2D eigenvalue weighted by Crippen LogP contribution is -2.32. The van der Waals surface area contributed by atoms with Gasteiger partial charge in [0.1, 0.15) is 17.3 Å². The maximum absolute atomic E-state index is 13.0. The molecule has 7 nitrogen and oxygen atoms in total. The topological polar surface area (TPSA) is 85.3 Å². The Morgan fingerprint density at radius 3 is 2.84 bits per heavy atom. The largest absolute Gasteiger partial charge is 0.507 e. The first-order chi connectivity index (χ1) is 15.0. The number of methoxy groups -OCH3 is 1. The van der Waals surface area contributed by atoms with E-state index in [1.165, 1.54) is 12.0 Å². The van der Waals surface area contributed by atoms with Gasteiger partial charge in [-0.3, -0.25) is 9.59 Å². The van der Waals surface area contributed by atoms with E-state index >= 15 is 0 Å². The van der Waals surface area contributed by atoms with Gasteiger partial charge in [0.25, 0.3) is 11.7 Å². The molecular weight excluding hydrogens is 398 g/mol. The van der Waals surface area contributed by atoms with Crippen LogP contribution in [0.1, 0.15) is 29.7 Å². The second-order valence-corrected chi connectivity index (χ2v) is 7.41. The summed E-state index contributed by atoms with van der Waals surface area (Å²) < 4.78 is 16.3. The zero-order chi connectivity index (χ0) is 22.0. The first-order valence-electron chi connectivity index (χ1n) is 10.3. The Morgan fingerprint density at radius 2 is 2.06 bits per heavy atom. The lowest BCUT2D eigenvalue weighted by molar-refractivity contribution is -0.140. The molecule has 2 aliphatic rings. The highest BCUT2D eigenvalue weighted by Crippen LogP contribution is 2.40. The average molecular weight is 423 g/mol. The Labute approximate surface area is 180 Å². The van der Waals surface area contributed by atoms with E-state index in [4.69, 9.17) is 14.2 Å². The Balaban J connectivity index is 1.83.